The summed E-state index contributed by atoms with van der Waals surface area (Å²) in [6, 6.07) is 0.635. The Hall–Kier alpha value is -0.480. The van der Waals surface area contributed by atoms with Crippen molar-refractivity contribution < 1.29 is 0 Å². The van der Waals surface area contributed by atoms with Crippen LogP contribution in [0.5, 0.6) is 0 Å². The average Bonchev–Trinajstić information content (AvgIpc) is 2.83. The Labute approximate surface area is 75.9 Å². The first-order valence-electron chi connectivity index (χ1n) is 4.84. The lowest BCUT2D eigenvalue weighted by molar-refractivity contribution is 0.365. The zero-order valence-corrected chi connectivity index (χ0v) is 8.35. The highest BCUT2D eigenvalue weighted by atomic mass is 15.0. The lowest BCUT2D eigenvalue weighted by atomic mass is 10.0. The van der Waals surface area contributed by atoms with Crippen LogP contribution in [0.15, 0.2) is 0 Å². The summed E-state index contributed by atoms with van der Waals surface area (Å²) in [5, 5.41) is 3.52. The average molecular weight is 165 g/mol. The van der Waals surface area contributed by atoms with Gasteiger partial charge in [0.25, 0.3) is 0 Å². The number of terminal acetylenes is 1. The Balaban J connectivity index is 2.42. The van der Waals surface area contributed by atoms with E-state index in [1.54, 1.807) is 0 Å². The quantitative estimate of drug-likeness (QED) is 0.630. The summed E-state index contributed by atoms with van der Waals surface area (Å²) in [4.78, 5) is 0. The molecule has 0 aliphatic heterocycles. The second kappa shape index (κ2) is 3.49. The summed E-state index contributed by atoms with van der Waals surface area (Å²) >= 11 is 0. The van der Waals surface area contributed by atoms with Gasteiger partial charge in [0.05, 0.1) is 5.54 Å². The van der Waals surface area contributed by atoms with Gasteiger partial charge in [-0.1, -0.05) is 12.8 Å². The molecule has 0 heterocycles. The molecular formula is C11H19N. The third-order valence-electron chi connectivity index (χ3n) is 2.54. The number of hydrogen-bond acceptors (Lipinski definition) is 1. The van der Waals surface area contributed by atoms with E-state index in [1.807, 2.05) is 0 Å². The molecule has 0 aromatic heterocycles. The van der Waals surface area contributed by atoms with Crippen molar-refractivity contribution in [2.75, 3.05) is 0 Å². The third-order valence-corrected chi connectivity index (χ3v) is 2.54. The van der Waals surface area contributed by atoms with Crippen LogP contribution >= 0.6 is 0 Å². The molecule has 1 unspecified atom stereocenters. The maximum absolute atomic E-state index is 5.42. The van der Waals surface area contributed by atoms with Gasteiger partial charge >= 0.3 is 0 Å². The molecule has 1 nitrogen and oxygen atoms in total. The molecule has 1 aliphatic carbocycles. The highest BCUT2D eigenvalue weighted by molar-refractivity contribution is 5.09. The Morgan fingerprint density at radius 3 is 2.50 bits per heavy atom. The fourth-order valence-corrected chi connectivity index (χ4v) is 1.56. The van der Waals surface area contributed by atoms with Gasteiger partial charge in [-0.05, 0) is 39.0 Å². The van der Waals surface area contributed by atoms with Crippen LogP contribution in [0.25, 0.3) is 0 Å². The van der Waals surface area contributed by atoms with Crippen LogP contribution in [0.1, 0.15) is 40.0 Å². The van der Waals surface area contributed by atoms with Crippen molar-refractivity contribution in [3.05, 3.63) is 0 Å². The Bertz CT molecular complexity index is 184. The molecule has 0 saturated heterocycles. The molecule has 1 rings (SSSR count). The molecule has 1 atom stereocenters. The second-order valence-electron chi connectivity index (χ2n) is 4.27. The van der Waals surface area contributed by atoms with Crippen molar-refractivity contribution in [3.63, 3.8) is 0 Å². The summed E-state index contributed by atoms with van der Waals surface area (Å²) in [5.41, 5.74) is -0.136. The molecule has 68 valence electrons. The summed E-state index contributed by atoms with van der Waals surface area (Å²) in [6.45, 7) is 6.36. The van der Waals surface area contributed by atoms with Crippen LogP contribution in [0.4, 0.5) is 0 Å². The minimum Gasteiger partial charge on any atom is -0.299 e. The van der Waals surface area contributed by atoms with Gasteiger partial charge in [0, 0.05) is 6.04 Å². The second-order valence-corrected chi connectivity index (χ2v) is 4.27. The van der Waals surface area contributed by atoms with E-state index in [1.165, 1.54) is 19.3 Å². The van der Waals surface area contributed by atoms with E-state index in [9.17, 15) is 0 Å². The maximum Gasteiger partial charge on any atom is 0.0743 e. The molecule has 0 spiro atoms. The monoisotopic (exact) mass is 165 g/mol. The molecule has 1 fully saturated rings. The molecule has 1 N–H and O–H groups in total. The fourth-order valence-electron chi connectivity index (χ4n) is 1.56. The minimum atomic E-state index is -0.136. The normalized spacial score (nSPS) is 20.2. The SMILES string of the molecule is C#CC(C)(C)NC(CC)C1CC1. The van der Waals surface area contributed by atoms with Gasteiger partial charge in [0.15, 0.2) is 0 Å². The van der Waals surface area contributed by atoms with E-state index in [0.29, 0.717) is 6.04 Å². The first-order chi connectivity index (χ1) is 5.59. The minimum absolute atomic E-state index is 0.136. The predicted molar refractivity (Wildman–Crippen MR) is 52.9 cm³/mol. The largest absolute Gasteiger partial charge is 0.299 e. The van der Waals surface area contributed by atoms with Crippen molar-refractivity contribution >= 4 is 0 Å². The van der Waals surface area contributed by atoms with E-state index in [-0.39, 0.29) is 5.54 Å². The van der Waals surface area contributed by atoms with E-state index >= 15 is 0 Å². The molecule has 1 heteroatoms. The van der Waals surface area contributed by atoms with Crippen LogP contribution in [0.2, 0.25) is 0 Å². The molecule has 0 radical (unpaired) electrons. The predicted octanol–water partition coefficient (Wildman–Crippen LogP) is 2.18. The van der Waals surface area contributed by atoms with Gasteiger partial charge in [-0.2, -0.15) is 0 Å². The highest BCUT2D eigenvalue weighted by Crippen LogP contribution is 2.34. The topological polar surface area (TPSA) is 12.0 Å². The number of nitrogens with one attached hydrogen (secondary N) is 1. The van der Waals surface area contributed by atoms with E-state index in [0.717, 1.165) is 5.92 Å². The Kier molecular flexibility index (Phi) is 2.80. The van der Waals surface area contributed by atoms with Crippen LogP contribution in [-0.4, -0.2) is 11.6 Å². The zero-order valence-electron chi connectivity index (χ0n) is 8.35. The van der Waals surface area contributed by atoms with Crippen molar-refractivity contribution in [2.45, 2.75) is 51.6 Å². The van der Waals surface area contributed by atoms with Crippen molar-refractivity contribution in [1.82, 2.24) is 5.32 Å². The number of rotatable bonds is 4. The molecule has 0 amide bonds. The molecule has 1 saturated carbocycles. The van der Waals surface area contributed by atoms with Gasteiger partial charge < -0.3 is 0 Å². The van der Waals surface area contributed by atoms with E-state index < -0.39 is 0 Å². The van der Waals surface area contributed by atoms with Gasteiger partial charge in [-0.3, -0.25) is 5.32 Å². The first kappa shape index (κ1) is 9.61. The summed E-state index contributed by atoms with van der Waals surface area (Å²) in [5.74, 6) is 3.67. The van der Waals surface area contributed by atoms with E-state index in [4.69, 9.17) is 6.42 Å². The molecule has 0 bridgehead atoms. The van der Waals surface area contributed by atoms with Crippen molar-refractivity contribution in [3.8, 4) is 12.3 Å². The lowest BCUT2D eigenvalue weighted by Gasteiger charge is -2.26. The van der Waals surface area contributed by atoms with Crippen LogP contribution < -0.4 is 5.32 Å². The van der Waals surface area contributed by atoms with Gasteiger partial charge in [0.2, 0.25) is 0 Å². The lowest BCUT2D eigenvalue weighted by Crippen LogP contribution is -2.45. The summed E-state index contributed by atoms with van der Waals surface area (Å²) < 4.78 is 0. The highest BCUT2D eigenvalue weighted by Gasteiger charge is 2.32. The van der Waals surface area contributed by atoms with E-state index in [2.05, 4.69) is 32.0 Å². The molecule has 0 aromatic carbocycles. The van der Waals surface area contributed by atoms with Crippen LogP contribution in [0, 0.1) is 18.3 Å². The maximum atomic E-state index is 5.42. The molecule has 12 heavy (non-hydrogen) atoms. The Morgan fingerprint density at radius 2 is 2.17 bits per heavy atom. The smallest absolute Gasteiger partial charge is 0.0743 e. The summed E-state index contributed by atoms with van der Waals surface area (Å²) in [7, 11) is 0. The molecular weight excluding hydrogens is 146 g/mol. The fraction of sp³-hybridized carbons (Fsp3) is 0.818. The third kappa shape index (κ3) is 2.53. The summed E-state index contributed by atoms with van der Waals surface area (Å²) in [6.07, 6.45) is 9.37. The first-order valence-corrected chi connectivity index (χ1v) is 4.84. The van der Waals surface area contributed by atoms with Gasteiger partial charge in [-0.15, -0.1) is 6.42 Å². The number of hydrogen-bond donors (Lipinski definition) is 1. The Morgan fingerprint density at radius 1 is 1.58 bits per heavy atom. The van der Waals surface area contributed by atoms with Gasteiger partial charge in [0.1, 0.15) is 0 Å². The molecule has 1 aliphatic rings. The van der Waals surface area contributed by atoms with Crippen LogP contribution in [-0.2, 0) is 0 Å². The van der Waals surface area contributed by atoms with Crippen LogP contribution in [0.3, 0.4) is 0 Å². The standard InChI is InChI=1S/C11H19N/c1-5-10(9-7-8-9)12-11(3,4)6-2/h2,9-10,12H,5,7-8H2,1,3-4H3. The van der Waals surface area contributed by atoms with Crippen molar-refractivity contribution in [2.24, 2.45) is 5.92 Å². The van der Waals surface area contributed by atoms with Crippen molar-refractivity contribution in [1.29, 1.82) is 0 Å². The zero-order chi connectivity index (χ0) is 9.19. The molecule has 0 aromatic rings. The van der Waals surface area contributed by atoms with Gasteiger partial charge in [-0.25, -0.2) is 0 Å².